The average Bonchev–Trinajstić information content (AvgIpc) is 3.26. The van der Waals surface area contributed by atoms with Gasteiger partial charge in [0, 0.05) is 19.1 Å². The van der Waals surface area contributed by atoms with E-state index in [1.807, 2.05) is 26.0 Å². The Morgan fingerprint density at radius 1 is 1.30 bits per heavy atom. The van der Waals surface area contributed by atoms with Crippen LogP contribution in [0.2, 0.25) is 0 Å². The maximum atomic E-state index is 5.95. The van der Waals surface area contributed by atoms with Crippen LogP contribution >= 0.6 is 0 Å². The predicted molar refractivity (Wildman–Crippen MR) is 105 cm³/mol. The van der Waals surface area contributed by atoms with Gasteiger partial charge in [-0.15, -0.1) is 0 Å². The van der Waals surface area contributed by atoms with Crippen molar-refractivity contribution < 1.29 is 14.0 Å². The minimum Gasteiger partial charge on any atom is -0.493 e. The van der Waals surface area contributed by atoms with Crippen molar-refractivity contribution in [2.75, 3.05) is 26.7 Å². The highest BCUT2D eigenvalue weighted by Gasteiger charge is 2.22. The van der Waals surface area contributed by atoms with Crippen LogP contribution in [0.25, 0.3) is 0 Å². The zero-order valence-electron chi connectivity index (χ0n) is 16.9. The summed E-state index contributed by atoms with van der Waals surface area (Å²) in [6.07, 6.45) is 2.60. The molecule has 1 N–H and O–H groups in total. The van der Waals surface area contributed by atoms with E-state index in [2.05, 4.69) is 28.4 Å². The molecule has 1 aromatic carbocycles. The summed E-state index contributed by atoms with van der Waals surface area (Å²) in [5.41, 5.74) is 3.04. The van der Waals surface area contributed by atoms with Crippen LogP contribution in [0, 0.1) is 13.8 Å². The molecule has 0 aliphatic carbocycles. The summed E-state index contributed by atoms with van der Waals surface area (Å²) in [4.78, 5) is 2.55. The molecule has 6 nitrogen and oxygen atoms in total. The van der Waals surface area contributed by atoms with Gasteiger partial charge in [-0.05, 0) is 57.5 Å². The van der Waals surface area contributed by atoms with Crippen molar-refractivity contribution in [1.82, 2.24) is 15.4 Å². The van der Waals surface area contributed by atoms with Crippen LogP contribution in [0.4, 0.5) is 0 Å². The second-order valence-corrected chi connectivity index (χ2v) is 7.13. The summed E-state index contributed by atoms with van der Waals surface area (Å²) in [7, 11) is 1.67. The van der Waals surface area contributed by atoms with Gasteiger partial charge in [-0.25, -0.2) is 0 Å². The predicted octanol–water partition coefficient (Wildman–Crippen LogP) is 3.45. The average molecular weight is 373 g/mol. The highest BCUT2D eigenvalue weighted by Crippen LogP contribution is 2.29. The van der Waals surface area contributed by atoms with Crippen LogP contribution in [0.15, 0.2) is 22.7 Å². The monoisotopic (exact) mass is 373 g/mol. The Kier molecular flexibility index (Phi) is 6.74. The number of aryl methyl sites for hydroxylation is 2. The molecule has 0 amide bonds. The zero-order chi connectivity index (χ0) is 19.2. The minimum absolute atomic E-state index is 0.420. The van der Waals surface area contributed by atoms with Gasteiger partial charge in [-0.2, -0.15) is 0 Å². The SMILES string of the molecule is CCN1CCCC1CNCc1ccc(OCc2c(C)noc2C)c(OC)c1. The van der Waals surface area contributed by atoms with Crippen LogP contribution in [0.5, 0.6) is 11.5 Å². The lowest BCUT2D eigenvalue weighted by atomic mass is 10.1. The number of rotatable bonds is 9. The van der Waals surface area contributed by atoms with E-state index in [4.69, 9.17) is 14.0 Å². The number of ether oxygens (including phenoxy) is 2. The van der Waals surface area contributed by atoms with Crippen molar-refractivity contribution in [3.8, 4) is 11.5 Å². The molecular weight excluding hydrogens is 342 g/mol. The Labute approximate surface area is 161 Å². The van der Waals surface area contributed by atoms with E-state index in [0.29, 0.717) is 12.6 Å². The molecule has 1 fully saturated rings. The first kappa shape index (κ1) is 19.7. The molecule has 0 saturated carbocycles. The third-order valence-electron chi connectivity index (χ3n) is 5.40. The van der Waals surface area contributed by atoms with Gasteiger partial charge in [-0.1, -0.05) is 18.1 Å². The van der Waals surface area contributed by atoms with Gasteiger partial charge in [0.25, 0.3) is 0 Å². The molecular formula is C21H31N3O3. The maximum absolute atomic E-state index is 5.95. The first-order valence-electron chi connectivity index (χ1n) is 9.78. The van der Waals surface area contributed by atoms with Crippen molar-refractivity contribution >= 4 is 0 Å². The van der Waals surface area contributed by atoms with E-state index >= 15 is 0 Å². The number of likely N-dealkylation sites (tertiary alicyclic amines) is 1. The number of nitrogens with one attached hydrogen (secondary N) is 1. The van der Waals surface area contributed by atoms with Crippen LogP contribution in [-0.2, 0) is 13.2 Å². The summed E-state index contributed by atoms with van der Waals surface area (Å²) in [6.45, 7) is 10.7. The summed E-state index contributed by atoms with van der Waals surface area (Å²) in [5, 5.41) is 7.55. The summed E-state index contributed by atoms with van der Waals surface area (Å²) >= 11 is 0. The number of likely N-dealkylation sites (N-methyl/N-ethyl adjacent to an activating group) is 1. The molecule has 27 heavy (non-hydrogen) atoms. The molecule has 1 aromatic heterocycles. The van der Waals surface area contributed by atoms with E-state index < -0.39 is 0 Å². The molecule has 1 aliphatic heterocycles. The Morgan fingerprint density at radius 2 is 2.15 bits per heavy atom. The Morgan fingerprint density at radius 3 is 2.85 bits per heavy atom. The zero-order valence-corrected chi connectivity index (χ0v) is 16.9. The highest BCUT2D eigenvalue weighted by molar-refractivity contribution is 5.43. The molecule has 3 rings (SSSR count). The van der Waals surface area contributed by atoms with Gasteiger partial charge in [0.1, 0.15) is 12.4 Å². The summed E-state index contributed by atoms with van der Waals surface area (Å²) in [6, 6.07) is 6.77. The topological polar surface area (TPSA) is 59.8 Å². The fraction of sp³-hybridized carbons (Fsp3) is 0.571. The maximum Gasteiger partial charge on any atom is 0.161 e. The third-order valence-corrected chi connectivity index (χ3v) is 5.40. The first-order valence-corrected chi connectivity index (χ1v) is 9.78. The standard InChI is InChI=1S/C21H31N3O3/c1-5-24-10-6-7-18(24)13-22-12-17-8-9-20(21(11-17)25-4)26-14-19-15(2)23-27-16(19)3/h8-9,11,18,22H,5-7,10,12-14H2,1-4H3. The Bertz CT molecular complexity index is 725. The summed E-state index contributed by atoms with van der Waals surface area (Å²) < 4.78 is 16.7. The van der Waals surface area contributed by atoms with Crippen LogP contribution in [0.3, 0.4) is 0 Å². The molecule has 0 spiro atoms. The van der Waals surface area contributed by atoms with Gasteiger partial charge >= 0.3 is 0 Å². The normalized spacial score (nSPS) is 17.4. The first-order chi connectivity index (χ1) is 13.1. The van der Waals surface area contributed by atoms with Gasteiger partial charge < -0.3 is 19.3 Å². The van der Waals surface area contributed by atoms with Crippen LogP contribution in [0.1, 0.15) is 42.3 Å². The van der Waals surface area contributed by atoms with Crippen LogP contribution in [-0.4, -0.2) is 42.8 Å². The highest BCUT2D eigenvalue weighted by atomic mass is 16.5. The minimum atomic E-state index is 0.420. The molecule has 2 heterocycles. The van der Waals surface area contributed by atoms with E-state index in [1.165, 1.54) is 24.9 Å². The quantitative estimate of drug-likeness (QED) is 0.726. The number of methoxy groups -OCH3 is 1. The van der Waals surface area contributed by atoms with Crippen molar-refractivity contribution in [1.29, 1.82) is 0 Å². The Hall–Kier alpha value is -2.05. The molecule has 1 aliphatic rings. The van der Waals surface area contributed by atoms with Crippen LogP contribution < -0.4 is 14.8 Å². The van der Waals surface area contributed by atoms with Gasteiger partial charge in [0.2, 0.25) is 0 Å². The number of benzene rings is 1. The molecule has 6 heteroatoms. The van der Waals surface area contributed by atoms with E-state index in [9.17, 15) is 0 Å². The van der Waals surface area contributed by atoms with E-state index in [0.717, 1.165) is 48.2 Å². The number of hydrogen-bond donors (Lipinski definition) is 1. The van der Waals surface area contributed by atoms with Gasteiger partial charge in [-0.3, -0.25) is 4.90 Å². The lowest BCUT2D eigenvalue weighted by Crippen LogP contribution is -2.37. The number of hydrogen-bond acceptors (Lipinski definition) is 6. The largest absolute Gasteiger partial charge is 0.493 e. The van der Waals surface area contributed by atoms with Crippen molar-refractivity contribution in [3.05, 3.63) is 40.8 Å². The number of aromatic nitrogens is 1. The third kappa shape index (κ3) is 4.82. The summed E-state index contributed by atoms with van der Waals surface area (Å²) in [5.74, 6) is 2.27. The molecule has 1 saturated heterocycles. The molecule has 148 valence electrons. The van der Waals surface area contributed by atoms with Crippen molar-refractivity contribution in [3.63, 3.8) is 0 Å². The lowest BCUT2D eigenvalue weighted by molar-refractivity contribution is 0.259. The van der Waals surface area contributed by atoms with Crippen molar-refractivity contribution in [2.45, 2.75) is 52.8 Å². The second-order valence-electron chi connectivity index (χ2n) is 7.13. The molecule has 0 bridgehead atoms. The number of nitrogens with zero attached hydrogens (tertiary/aromatic N) is 2. The second kappa shape index (κ2) is 9.24. The molecule has 2 aromatic rings. The molecule has 1 unspecified atom stereocenters. The van der Waals surface area contributed by atoms with Gasteiger partial charge in [0.15, 0.2) is 11.5 Å². The van der Waals surface area contributed by atoms with E-state index in [1.54, 1.807) is 7.11 Å². The van der Waals surface area contributed by atoms with E-state index in [-0.39, 0.29) is 0 Å². The Balaban J connectivity index is 1.55. The van der Waals surface area contributed by atoms with Crippen molar-refractivity contribution in [2.24, 2.45) is 0 Å². The van der Waals surface area contributed by atoms with Gasteiger partial charge in [0.05, 0.1) is 18.4 Å². The smallest absolute Gasteiger partial charge is 0.161 e. The fourth-order valence-electron chi connectivity index (χ4n) is 3.72. The molecule has 0 radical (unpaired) electrons. The fourth-order valence-corrected chi connectivity index (χ4v) is 3.72. The lowest BCUT2D eigenvalue weighted by Gasteiger charge is -2.23. The molecule has 1 atom stereocenters.